The fourth-order valence-corrected chi connectivity index (χ4v) is 3.97. The SMILES string of the molecule is CC(NCC1CCC2(CCCC2)O1)c1ccccc1Cl. The summed E-state index contributed by atoms with van der Waals surface area (Å²) in [5, 5.41) is 4.42. The van der Waals surface area contributed by atoms with Crippen LogP contribution in [-0.2, 0) is 4.74 Å². The Kier molecular flexibility index (Phi) is 4.34. The highest BCUT2D eigenvalue weighted by atomic mass is 35.5. The number of ether oxygens (including phenoxy) is 1. The van der Waals surface area contributed by atoms with Gasteiger partial charge in [0.25, 0.3) is 0 Å². The Morgan fingerprint density at radius 3 is 2.80 bits per heavy atom. The first-order valence-electron chi connectivity index (χ1n) is 7.84. The van der Waals surface area contributed by atoms with Crippen molar-refractivity contribution in [3.8, 4) is 0 Å². The Bertz CT molecular complexity index is 456. The first kappa shape index (κ1) is 14.4. The number of hydrogen-bond donors (Lipinski definition) is 1. The number of nitrogens with one attached hydrogen (secondary N) is 1. The van der Waals surface area contributed by atoms with Crippen molar-refractivity contribution in [1.29, 1.82) is 0 Å². The maximum atomic E-state index is 6.33. The summed E-state index contributed by atoms with van der Waals surface area (Å²) in [5.41, 5.74) is 1.41. The van der Waals surface area contributed by atoms with Crippen LogP contribution in [0.4, 0.5) is 0 Å². The summed E-state index contributed by atoms with van der Waals surface area (Å²) in [6.07, 6.45) is 8.04. The molecule has 20 heavy (non-hydrogen) atoms. The first-order chi connectivity index (χ1) is 9.69. The lowest BCUT2D eigenvalue weighted by atomic mass is 9.98. The van der Waals surface area contributed by atoms with Crippen molar-refractivity contribution in [2.24, 2.45) is 0 Å². The Hall–Kier alpha value is -0.570. The molecule has 2 fully saturated rings. The van der Waals surface area contributed by atoms with Crippen LogP contribution in [0.25, 0.3) is 0 Å². The normalized spacial score (nSPS) is 26.2. The molecule has 2 nitrogen and oxygen atoms in total. The highest BCUT2D eigenvalue weighted by molar-refractivity contribution is 6.31. The van der Waals surface area contributed by atoms with E-state index in [1.165, 1.54) is 44.1 Å². The maximum Gasteiger partial charge on any atom is 0.0708 e. The Morgan fingerprint density at radius 1 is 1.30 bits per heavy atom. The third-order valence-corrected chi connectivity index (χ3v) is 5.22. The Morgan fingerprint density at radius 2 is 2.05 bits per heavy atom. The summed E-state index contributed by atoms with van der Waals surface area (Å²) < 4.78 is 6.33. The highest BCUT2D eigenvalue weighted by Crippen LogP contribution is 2.43. The Labute approximate surface area is 126 Å². The van der Waals surface area contributed by atoms with Gasteiger partial charge in [-0.05, 0) is 44.2 Å². The summed E-state index contributed by atoms with van der Waals surface area (Å²) in [6, 6.07) is 8.33. The molecule has 0 bridgehead atoms. The molecule has 2 aliphatic rings. The van der Waals surface area contributed by atoms with Gasteiger partial charge in [-0.2, -0.15) is 0 Å². The highest BCUT2D eigenvalue weighted by Gasteiger charge is 2.41. The van der Waals surface area contributed by atoms with Gasteiger partial charge in [0.2, 0.25) is 0 Å². The zero-order chi connectivity index (χ0) is 14.0. The third kappa shape index (κ3) is 3.03. The second-order valence-electron chi connectivity index (χ2n) is 6.32. The van der Waals surface area contributed by atoms with E-state index in [1.54, 1.807) is 0 Å². The van der Waals surface area contributed by atoms with Gasteiger partial charge in [0, 0.05) is 17.6 Å². The monoisotopic (exact) mass is 293 g/mol. The summed E-state index contributed by atoms with van der Waals surface area (Å²) >= 11 is 6.24. The molecule has 1 spiro atoms. The van der Waals surface area contributed by atoms with Crippen molar-refractivity contribution in [2.75, 3.05) is 6.54 Å². The van der Waals surface area contributed by atoms with Crippen LogP contribution >= 0.6 is 11.6 Å². The van der Waals surface area contributed by atoms with Gasteiger partial charge in [-0.25, -0.2) is 0 Å². The summed E-state index contributed by atoms with van der Waals surface area (Å²) in [6.45, 7) is 3.09. The van der Waals surface area contributed by atoms with E-state index in [9.17, 15) is 0 Å². The largest absolute Gasteiger partial charge is 0.370 e. The maximum absolute atomic E-state index is 6.33. The molecule has 1 aromatic rings. The molecule has 1 saturated heterocycles. The molecule has 3 rings (SSSR count). The summed E-state index contributed by atoms with van der Waals surface area (Å²) in [5.74, 6) is 0. The van der Waals surface area contributed by atoms with Gasteiger partial charge in [0.1, 0.15) is 0 Å². The fraction of sp³-hybridized carbons (Fsp3) is 0.647. The van der Waals surface area contributed by atoms with Crippen LogP contribution in [0.3, 0.4) is 0 Å². The van der Waals surface area contributed by atoms with E-state index in [0.29, 0.717) is 6.10 Å². The summed E-state index contributed by atoms with van der Waals surface area (Å²) in [7, 11) is 0. The van der Waals surface area contributed by atoms with Crippen LogP contribution in [0.1, 0.15) is 57.1 Å². The molecule has 110 valence electrons. The predicted octanol–water partition coefficient (Wildman–Crippen LogP) is 4.48. The smallest absolute Gasteiger partial charge is 0.0708 e. The van der Waals surface area contributed by atoms with Crippen molar-refractivity contribution in [1.82, 2.24) is 5.32 Å². The molecule has 1 aliphatic carbocycles. The minimum Gasteiger partial charge on any atom is -0.370 e. The second-order valence-corrected chi connectivity index (χ2v) is 6.73. The fourth-order valence-electron chi connectivity index (χ4n) is 3.67. The molecule has 1 aromatic carbocycles. The van der Waals surface area contributed by atoms with Gasteiger partial charge in [-0.1, -0.05) is 42.6 Å². The molecule has 0 radical (unpaired) electrons. The van der Waals surface area contributed by atoms with Gasteiger partial charge in [-0.3, -0.25) is 0 Å². The minimum atomic E-state index is 0.236. The zero-order valence-corrected chi connectivity index (χ0v) is 13.0. The van der Waals surface area contributed by atoms with E-state index >= 15 is 0 Å². The van der Waals surface area contributed by atoms with Crippen LogP contribution in [0.2, 0.25) is 5.02 Å². The molecule has 3 heteroatoms. The van der Waals surface area contributed by atoms with Gasteiger partial charge in [0.15, 0.2) is 0 Å². The van der Waals surface area contributed by atoms with E-state index in [1.807, 2.05) is 18.2 Å². The quantitative estimate of drug-likeness (QED) is 0.883. The van der Waals surface area contributed by atoms with Gasteiger partial charge in [0.05, 0.1) is 11.7 Å². The van der Waals surface area contributed by atoms with E-state index in [2.05, 4.69) is 18.3 Å². The first-order valence-corrected chi connectivity index (χ1v) is 8.22. The van der Waals surface area contributed by atoms with Crippen LogP contribution in [0.5, 0.6) is 0 Å². The molecule has 2 unspecified atom stereocenters. The lowest BCUT2D eigenvalue weighted by molar-refractivity contribution is -0.0357. The Balaban J connectivity index is 1.52. The van der Waals surface area contributed by atoms with Crippen molar-refractivity contribution >= 4 is 11.6 Å². The van der Waals surface area contributed by atoms with Gasteiger partial charge in [-0.15, -0.1) is 0 Å². The van der Waals surface area contributed by atoms with Crippen molar-refractivity contribution in [3.63, 3.8) is 0 Å². The lowest BCUT2D eigenvalue weighted by Crippen LogP contribution is -2.32. The van der Waals surface area contributed by atoms with Crippen LogP contribution in [-0.4, -0.2) is 18.2 Å². The number of halogens is 1. The van der Waals surface area contributed by atoms with Crippen LogP contribution in [0.15, 0.2) is 24.3 Å². The number of rotatable bonds is 4. The standard InChI is InChI=1S/C17H24ClNO/c1-13(15-6-2-3-7-16(15)18)19-12-14-8-11-17(20-14)9-4-5-10-17/h2-3,6-7,13-14,19H,4-5,8-12H2,1H3. The van der Waals surface area contributed by atoms with Gasteiger partial charge >= 0.3 is 0 Å². The average Bonchev–Trinajstić information content (AvgIpc) is 3.07. The number of hydrogen-bond acceptors (Lipinski definition) is 2. The molecule has 1 aliphatic heterocycles. The van der Waals surface area contributed by atoms with E-state index in [-0.39, 0.29) is 11.6 Å². The lowest BCUT2D eigenvalue weighted by Gasteiger charge is -2.25. The van der Waals surface area contributed by atoms with E-state index in [0.717, 1.165) is 11.6 Å². The minimum absolute atomic E-state index is 0.236. The van der Waals surface area contributed by atoms with E-state index < -0.39 is 0 Å². The molecule has 0 aromatic heterocycles. The van der Waals surface area contributed by atoms with E-state index in [4.69, 9.17) is 16.3 Å². The summed E-state index contributed by atoms with van der Waals surface area (Å²) in [4.78, 5) is 0. The third-order valence-electron chi connectivity index (χ3n) is 4.88. The van der Waals surface area contributed by atoms with Crippen molar-refractivity contribution in [2.45, 2.75) is 63.2 Å². The molecular weight excluding hydrogens is 270 g/mol. The molecule has 0 amide bonds. The van der Waals surface area contributed by atoms with Crippen LogP contribution in [0, 0.1) is 0 Å². The molecule has 2 atom stereocenters. The predicted molar refractivity (Wildman–Crippen MR) is 83.2 cm³/mol. The molecule has 1 N–H and O–H groups in total. The second kappa shape index (κ2) is 6.05. The molecule has 1 saturated carbocycles. The molecule has 1 heterocycles. The van der Waals surface area contributed by atoms with Crippen molar-refractivity contribution < 1.29 is 4.74 Å². The zero-order valence-electron chi connectivity index (χ0n) is 12.2. The van der Waals surface area contributed by atoms with Crippen LogP contribution < -0.4 is 5.32 Å². The van der Waals surface area contributed by atoms with Gasteiger partial charge < -0.3 is 10.1 Å². The average molecular weight is 294 g/mol. The number of benzene rings is 1. The van der Waals surface area contributed by atoms with Crippen molar-refractivity contribution in [3.05, 3.63) is 34.9 Å². The topological polar surface area (TPSA) is 21.3 Å². The molecular formula is C17H24ClNO.